The number of nitrogens with zero attached hydrogens (tertiary/aromatic N) is 2. The number of rotatable bonds is 6. The Hall–Kier alpha value is -1.82. The number of benzene rings is 1. The van der Waals surface area contributed by atoms with Gasteiger partial charge in [-0.25, -0.2) is 9.97 Å². The molecule has 6 heteroatoms. The first-order chi connectivity index (χ1) is 11.2. The second-order valence-corrected chi connectivity index (χ2v) is 6.49. The van der Waals surface area contributed by atoms with Crippen LogP contribution in [0.15, 0.2) is 35.1 Å². The average Bonchev–Trinajstić information content (AvgIpc) is 3.08. The summed E-state index contributed by atoms with van der Waals surface area (Å²) in [6.07, 6.45) is 8.49. The van der Waals surface area contributed by atoms with Gasteiger partial charge in [0, 0.05) is 30.6 Å². The average molecular weight is 378 g/mol. The molecule has 122 valence electrons. The predicted molar refractivity (Wildman–Crippen MR) is 92.9 cm³/mol. The molecule has 0 aliphatic heterocycles. The van der Waals surface area contributed by atoms with Gasteiger partial charge in [0.25, 0.3) is 0 Å². The summed E-state index contributed by atoms with van der Waals surface area (Å²) >= 11 is 3.33. The molecule has 3 rings (SSSR count). The highest BCUT2D eigenvalue weighted by atomic mass is 79.9. The van der Waals surface area contributed by atoms with E-state index in [2.05, 4.69) is 31.2 Å². The minimum absolute atomic E-state index is 0.310. The zero-order valence-corrected chi connectivity index (χ0v) is 14.7. The van der Waals surface area contributed by atoms with Gasteiger partial charge in [0.2, 0.25) is 5.95 Å². The van der Waals surface area contributed by atoms with Gasteiger partial charge in [0.05, 0.1) is 17.7 Å². The molecular formula is C17H20BrN3O2. The van der Waals surface area contributed by atoms with E-state index in [0.29, 0.717) is 18.6 Å². The van der Waals surface area contributed by atoms with Crippen LogP contribution < -0.4 is 14.8 Å². The topological polar surface area (TPSA) is 56.3 Å². The number of aromatic nitrogens is 2. The lowest BCUT2D eigenvalue weighted by atomic mass is 10.2. The molecule has 2 aromatic rings. The van der Waals surface area contributed by atoms with Gasteiger partial charge in [0.15, 0.2) is 0 Å². The first-order valence-corrected chi connectivity index (χ1v) is 8.59. The van der Waals surface area contributed by atoms with Gasteiger partial charge in [-0.05, 0) is 53.7 Å². The molecule has 0 atom stereocenters. The SMILES string of the molecule is COc1ccc(CNc2ncc(Br)cn2)c(OC2CCCC2)c1. The molecule has 0 amide bonds. The molecule has 1 saturated carbocycles. The quantitative estimate of drug-likeness (QED) is 0.817. The lowest BCUT2D eigenvalue weighted by Crippen LogP contribution is -2.13. The second-order valence-electron chi connectivity index (χ2n) is 5.58. The lowest BCUT2D eigenvalue weighted by Gasteiger charge is -2.17. The Bertz CT molecular complexity index is 643. The molecule has 1 fully saturated rings. The third-order valence-corrected chi connectivity index (χ3v) is 4.34. The molecule has 0 spiro atoms. The van der Waals surface area contributed by atoms with E-state index in [-0.39, 0.29) is 0 Å². The van der Waals surface area contributed by atoms with Gasteiger partial charge in [-0.3, -0.25) is 0 Å². The Kier molecular flexibility index (Phi) is 5.33. The van der Waals surface area contributed by atoms with Crippen molar-refractivity contribution >= 4 is 21.9 Å². The number of halogens is 1. The van der Waals surface area contributed by atoms with Crippen molar-refractivity contribution in [3.05, 3.63) is 40.6 Å². The minimum Gasteiger partial charge on any atom is -0.497 e. The molecule has 1 aromatic heterocycles. The summed E-state index contributed by atoms with van der Waals surface area (Å²) in [5, 5.41) is 3.23. The van der Waals surface area contributed by atoms with E-state index in [0.717, 1.165) is 34.4 Å². The maximum absolute atomic E-state index is 6.19. The highest BCUT2D eigenvalue weighted by molar-refractivity contribution is 9.10. The van der Waals surface area contributed by atoms with Crippen LogP contribution >= 0.6 is 15.9 Å². The van der Waals surface area contributed by atoms with Crippen LogP contribution in [0.2, 0.25) is 0 Å². The number of hydrogen-bond donors (Lipinski definition) is 1. The van der Waals surface area contributed by atoms with Crippen molar-refractivity contribution in [3.8, 4) is 11.5 Å². The van der Waals surface area contributed by atoms with Crippen LogP contribution in [-0.2, 0) is 6.54 Å². The van der Waals surface area contributed by atoms with Crippen molar-refractivity contribution in [1.82, 2.24) is 9.97 Å². The van der Waals surface area contributed by atoms with Crippen molar-refractivity contribution in [2.24, 2.45) is 0 Å². The number of methoxy groups -OCH3 is 1. The Morgan fingerprint density at radius 1 is 1.22 bits per heavy atom. The molecular weight excluding hydrogens is 358 g/mol. The summed E-state index contributed by atoms with van der Waals surface area (Å²) in [6.45, 7) is 0.605. The van der Waals surface area contributed by atoms with E-state index in [4.69, 9.17) is 9.47 Å². The monoisotopic (exact) mass is 377 g/mol. The molecule has 0 radical (unpaired) electrons. The Labute approximate surface area is 144 Å². The third-order valence-electron chi connectivity index (χ3n) is 3.93. The van der Waals surface area contributed by atoms with E-state index in [9.17, 15) is 0 Å². The normalized spacial score (nSPS) is 14.7. The summed E-state index contributed by atoms with van der Waals surface area (Å²) in [6, 6.07) is 5.92. The van der Waals surface area contributed by atoms with E-state index in [1.807, 2.05) is 18.2 Å². The molecule has 0 saturated heterocycles. The van der Waals surface area contributed by atoms with Crippen molar-refractivity contribution in [2.45, 2.75) is 38.3 Å². The first-order valence-electron chi connectivity index (χ1n) is 7.79. The number of hydrogen-bond acceptors (Lipinski definition) is 5. The largest absolute Gasteiger partial charge is 0.497 e. The fourth-order valence-electron chi connectivity index (χ4n) is 2.68. The Morgan fingerprint density at radius 2 is 1.96 bits per heavy atom. The Morgan fingerprint density at radius 3 is 2.65 bits per heavy atom. The predicted octanol–water partition coefficient (Wildman–Crippen LogP) is 4.18. The minimum atomic E-state index is 0.310. The standard InChI is InChI=1S/C17H20BrN3O2/c1-22-15-7-6-12(9-19-17-20-10-13(18)11-21-17)16(8-15)23-14-4-2-3-5-14/h6-8,10-11,14H,2-5,9H2,1H3,(H,19,20,21). The molecule has 1 N–H and O–H groups in total. The van der Waals surface area contributed by atoms with Crippen LogP contribution in [-0.4, -0.2) is 23.2 Å². The van der Waals surface area contributed by atoms with Crippen LogP contribution in [0.4, 0.5) is 5.95 Å². The maximum atomic E-state index is 6.19. The van der Waals surface area contributed by atoms with E-state index in [1.54, 1.807) is 19.5 Å². The zero-order valence-electron chi connectivity index (χ0n) is 13.1. The Balaban J connectivity index is 1.72. The smallest absolute Gasteiger partial charge is 0.222 e. The van der Waals surface area contributed by atoms with Crippen LogP contribution in [0.3, 0.4) is 0 Å². The summed E-state index contributed by atoms with van der Waals surface area (Å²) in [5.74, 6) is 2.28. The summed E-state index contributed by atoms with van der Waals surface area (Å²) in [5.41, 5.74) is 1.07. The molecule has 5 nitrogen and oxygen atoms in total. The molecule has 1 aliphatic rings. The molecule has 23 heavy (non-hydrogen) atoms. The number of ether oxygens (including phenoxy) is 2. The molecule has 0 bridgehead atoms. The fourth-order valence-corrected chi connectivity index (χ4v) is 2.89. The highest BCUT2D eigenvalue weighted by Crippen LogP contribution is 2.30. The van der Waals surface area contributed by atoms with E-state index >= 15 is 0 Å². The van der Waals surface area contributed by atoms with Crippen molar-refractivity contribution in [1.29, 1.82) is 0 Å². The van der Waals surface area contributed by atoms with Crippen LogP contribution in [0.1, 0.15) is 31.2 Å². The van der Waals surface area contributed by atoms with Gasteiger partial charge in [-0.15, -0.1) is 0 Å². The van der Waals surface area contributed by atoms with Gasteiger partial charge in [0.1, 0.15) is 11.5 Å². The van der Waals surface area contributed by atoms with Crippen molar-refractivity contribution in [3.63, 3.8) is 0 Å². The molecule has 0 unspecified atom stereocenters. The summed E-state index contributed by atoms with van der Waals surface area (Å²) in [7, 11) is 1.67. The van der Waals surface area contributed by atoms with E-state index in [1.165, 1.54) is 12.8 Å². The third kappa shape index (κ3) is 4.34. The van der Waals surface area contributed by atoms with Crippen LogP contribution in [0, 0.1) is 0 Å². The van der Waals surface area contributed by atoms with Crippen molar-refractivity contribution < 1.29 is 9.47 Å². The lowest BCUT2D eigenvalue weighted by molar-refractivity contribution is 0.207. The van der Waals surface area contributed by atoms with Crippen molar-refractivity contribution in [2.75, 3.05) is 12.4 Å². The highest BCUT2D eigenvalue weighted by Gasteiger charge is 2.18. The van der Waals surface area contributed by atoms with Crippen LogP contribution in [0.25, 0.3) is 0 Å². The summed E-state index contributed by atoms with van der Waals surface area (Å²) in [4.78, 5) is 8.45. The first kappa shape index (κ1) is 16.1. The summed E-state index contributed by atoms with van der Waals surface area (Å²) < 4.78 is 12.4. The molecule has 1 aliphatic carbocycles. The zero-order chi connectivity index (χ0) is 16.1. The second kappa shape index (κ2) is 7.64. The number of nitrogens with one attached hydrogen (secondary N) is 1. The van der Waals surface area contributed by atoms with E-state index < -0.39 is 0 Å². The number of anilines is 1. The maximum Gasteiger partial charge on any atom is 0.222 e. The molecule has 1 heterocycles. The van der Waals surface area contributed by atoms with Crippen LogP contribution in [0.5, 0.6) is 11.5 Å². The van der Waals surface area contributed by atoms with Gasteiger partial charge < -0.3 is 14.8 Å². The van der Waals surface area contributed by atoms with Gasteiger partial charge in [-0.2, -0.15) is 0 Å². The van der Waals surface area contributed by atoms with Gasteiger partial charge in [-0.1, -0.05) is 0 Å². The molecule has 1 aromatic carbocycles. The fraction of sp³-hybridized carbons (Fsp3) is 0.412. The van der Waals surface area contributed by atoms with Gasteiger partial charge >= 0.3 is 0 Å².